The van der Waals surface area contributed by atoms with Crippen molar-refractivity contribution in [3.05, 3.63) is 34.6 Å². The molecule has 0 spiro atoms. The van der Waals surface area contributed by atoms with Crippen LogP contribution in [-0.2, 0) is 16.0 Å². The SMILES string of the molecule is CNc1cc(C)nc(C2COCCN2C(=O)CCc2c(C)noc2C)n1. The maximum Gasteiger partial charge on any atom is 0.223 e. The Morgan fingerprint density at radius 1 is 1.35 bits per heavy atom. The van der Waals surface area contributed by atoms with Gasteiger partial charge in [0.1, 0.15) is 17.6 Å². The quantitative estimate of drug-likeness (QED) is 0.872. The Morgan fingerprint density at radius 2 is 2.15 bits per heavy atom. The second-order valence-electron chi connectivity index (χ2n) is 6.48. The lowest BCUT2D eigenvalue weighted by Gasteiger charge is -2.35. The highest BCUT2D eigenvalue weighted by atomic mass is 16.5. The van der Waals surface area contributed by atoms with Gasteiger partial charge in [0.25, 0.3) is 0 Å². The first-order valence-electron chi connectivity index (χ1n) is 8.82. The molecule has 1 saturated heterocycles. The number of carbonyl (C=O) groups is 1. The van der Waals surface area contributed by atoms with E-state index >= 15 is 0 Å². The Labute approximate surface area is 152 Å². The van der Waals surface area contributed by atoms with E-state index in [0.29, 0.717) is 38.4 Å². The molecule has 0 radical (unpaired) electrons. The predicted molar refractivity (Wildman–Crippen MR) is 95.9 cm³/mol. The van der Waals surface area contributed by atoms with Crippen LogP contribution in [0.4, 0.5) is 5.82 Å². The van der Waals surface area contributed by atoms with Crippen molar-refractivity contribution in [2.45, 2.75) is 39.7 Å². The van der Waals surface area contributed by atoms with Crippen LogP contribution in [0.25, 0.3) is 0 Å². The maximum absolute atomic E-state index is 12.9. The van der Waals surface area contributed by atoms with Gasteiger partial charge in [0, 0.05) is 37.3 Å². The minimum absolute atomic E-state index is 0.0643. The summed E-state index contributed by atoms with van der Waals surface area (Å²) >= 11 is 0. The molecule has 1 amide bonds. The smallest absolute Gasteiger partial charge is 0.223 e. The van der Waals surface area contributed by atoms with E-state index in [9.17, 15) is 4.79 Å². The molecular weight excluding hydrogens is 334 g/mol. The fourth-order valence-electron chi connectivity index (χ4n) is 3.22. The lowest BCUT2D eigenvalue weighted by atomic mass is 10.1. The molecular formula is C18H25N5O3. The molecule has 1 aliphatic rings. The van der Waals surface area contributed by atoms with Crippen LogP contribution in [0.3, 0.4) is 0 Å². The van der Waals surface area contributed by atoms with E-state index in [1.165, 1.54) is 0 Å². The fraction of sp³-hybridized carbons (Fsp3) is 0.556. The summed E-state index contributed by atoms with van der Waals surface area (Å²) < 4.78 is 10.8. The number of amides is 1. The van der Waals surface area contributed by atoms with Crippen LogP contribution in [0.15, 0.2) is 10.6 Å². The van der Waals surface area contributed by atoms with Crippen molar-refractivity contribution in [3.8, 4) is 0 Å². The minimum atomic E-state index is -0.270. The van der Waals surface area contributed by atoms with Crippen molar-refractivity contribution >= 4 is 11.7 Å². The zero-order valence-corrected chi connectivity index (χ0v) is 15.7. The van der Waals surface area contributed by atoms with E-state index in [2.05, 4.69) is 20.4 Å². The number of carbonyl (C=O) groups excluding carboxylic acids is 1. The number of aryl methyl sites for hydroxylation is 3. The predicted octanol–water partition coefficient (Wildman–Crippen LogP) is 1.96. The van der Waals surface area contributed by atoms with Gasteiger partial charge in [0.05, 0.1) is 18.9 Å². The monoisotopic (exact) mass is 359 g/mol. The first-order chi connectivity index (χ1) is 12.5. The molecule has 1 aliphatic heterocycles. The summed E-state index contributed by atoms with van der Waals surface area (Å²) in [4.78, 5) is 23.8. The molecule has 26 heavy (non-hydrogen) atoms. The summed E-state index contributed by atoms with van der Waals surface area (Å²) in [6, 6.07) is 1.60. The summed E-state index contributed by atoms with van der Waals surface area (Å²) in [6.45, 7) is 7.16. The summed E-state index contributed by atoms with van der Waals surface area (Å²) in [7, 11) is 1.81. The number of rotatable bonds is 5. The summed E-state index contributed by atoms with van der Waals surface area (Å²) in [6.07, 6.45) is 1.00. The number of hydrogen-bond acceptors (Lipinski definition) is 7. The van der Waals surface area contributed by atoms with Crippen molar-refractivity contribution in [1.29, 1.82) is 0 Å². The molecule has 3 heterocycles. The molecule has 1 atom stereocenters. The van der Waals surface area contributed by atoms with Gasteiger partial charge >= 0.3 is 0 Å². The second kappa shape index (κ2) is 7.82. The minimum Gasteiger partial charge on any atom is -0.377 e. The van der Waals surface area contributed by atoms with Gasteiger partial charge < -0.3 is 19.5 Å². The first-order valence-corrected chi connectivity index (χ1v) is 8.82. The van der Waals surface area contributed by atoms with E-state index in [1.807, 2.05) is 38.8 Å². The van der Waals surface area contributed by atoms with Crippen LogP contribution in [0, 0.1) is 20.8 Å². The van der Waals surface area contributed by atoms with Gasteiger partial charge in [-0.3, -0.25) is 4.79 Å². The third-order valence-corrected chi connectivity index (χ3v) is 4.64. The van der Waals surface area contributed by atoms with Crippen LogP contribution in [0.1, 0.15) is 41.0 Å². The molecule has 1 unspecified atom stereocenters. The van der Waals surface area contributed by atoms with Crippen LogP contribution in [-0.4, -0.2) is 52.7 Å². The average Bonchev–Trinajstić information content (AvgIpc) is 2.97. The molecule has 8 heteroatoms. The molecule has 8 nitrogen and oxygen atoms in total. The third-order valence-electron chi connectivity index (χ3n) is 4.64. The molecule has 2 aromatic heterocycles. The number of ether oxygens (including phenoxy) is 1. The van der Waals surface area contributed by atoms with Gasteiger partial charge in [-0.1, -0.05) is 5.16 Å². The summed E-state index contributed by atoms with van der Waals surface area (Å²) in [5.41, 5.74) is 2.70. The normalized spacial score (nSPS) is 17.4. The lowest BCUT2D eigenvalue weighted by molar-refractivity contribution is -0.140. The molecule has 1 fully saturated rings. The van der Waals surface area contributed by atoms with Crippen molar-refractivity contribution in [2.75, 3.05) is 32.1 Å². The number of aromatic nitrogens is 3. The van der Waals surface area contributed by atoms with E-state index < -0.39 is 0 Å². The molecule has 0 bridgehead atoms. The van der Waals surface area contributed by atoms with Crippen molar-refractivity contribution < 1.29 is 14.1 Å². The van der Waals surface area contributed by atoms with Crippen LogP contribution >= 0.6 is 0 Å². The molecule has 2 aromatic rings. The second-order valence-corrected chi connectivity index (χ2v) is 6.48. The highest BCUT2D eigenvalue weighted by molar-refractivity contribution is 5.77. The van der Waals surface area contributed by atoms with Gasteiger partial charge in [0.2, 0.25) is 5.91 Å². The largest absolute Gasteiger partial charge is 0.377 e. The Bertz CT molecular complexity index is 770. The molecule has 0 aliphatic carbocycles. The van der Waals surface area contributed by atoms with Gasteiger partial charge in [-0.15, -0.1) is 0 Å². The van der Waals surface area contributed by atoms with Crippen LogP contribution in [0.2, 0.25) is 0 Å². The topological polar surface area (TPSA) is 93.4 Å². The van der Waals surface area contributed by atoms with E-state index in [-0.39, 0.29) is 11.9 Å². The Balaban J connectivity index is 1.76. The molecule has 0 aromatic carbocycles. The fourth-order valence-corrected chi connectivity index (χ4v) is 3.22. The number of morpholine rings is 1. The lowest BCUT2D eigenvalue weighted by Crippen LogP contribution is -2.44. The van der Waals surface area contributed by atoms with Crippen molar-refractivity contribution in [3.63, 3.8) is 0 Å². The first kappa shape index (κ1) is 18.3. The summed E-state index contributed by atoms with van der Waals surface area (Å²) in [5, 5.41) is 6.99. The van der Waals surface area contributed by atoms with Crippen molar-refractivity contribution in [2.24, 2.45) is 0 Å². The highest BCUT2D eigenvalue weighted by Gasteiger charge is 2.31. The number of nitrogens with zero attached hydrogens (tertiary/aromatic N) is 4. The van der Waals surface area contributed by atoms with Gasteiger partial charge in [-0.25, -0.2) is 9.97 Å². The molecule has 1 N–H and O–H groups in total. The Hall–Kier alpha value is -2.48. The zero-order chi connectivity index (χ0) is 18.7. The Kier molecular flexibility index (Phi) is 5.51. The van der Waals surface area contributed by atoms with E-state index in [1.54, 1.807) is 0 Å². The highest BCUT2D eigenvalue weighted by Crippen LogP contribution is 2.24. The van der Waals surface area contributed by atoms with Gasteiger partial charge in [0.15, 0.2) is 5.82 Å². The average molecular weight is 359 g/mol. The zero-order valence-electron chi connectivity index (χ0n) is 15.7. The number of anilines is 1. The number of nitrogens with one attached hydrogen (secondary N) is 1. The van der Waals surface area contributed by atoms with Gasteiger partial charge in [-0.2, -0.15) is 0 Å². The van der Waals surface area contributed by atoms with E-state index in [4.69, 9.17) is 9.26 Å². The molecule has 0 saturated carbocycles. The maximum atomic E-state index is 12.9. The standard InChI is InChI=1S/C18H25N5O3/c1-11-9-16(19-4)21-18(20-11)15-10-25-8-7-23(15)17(24)6-5-14-12(2)22-26-13(14)3/h9,15H,5-8,10H2,1-4H3,(H,19,20,21). The third kappa shape index (κ3) is 3.85. The van der Waals surface area contributed by atoms with E-state index in [0.717, 1.165) is 28.5 Å². The van der Waals surface area contributed by atoms with Gasteiger partial charge in [-0.05, 0) is 27.2 Å². The number of hydrogen-bond donors (Lipinski definition) is 1. The molecule has 140 valence electrons. The molecule has 3 rings (SSSR count). The van der Waals surface area contributed by atoms with Crippen LogP contribution < -0.4 is 5.32 Å². The Morgan fingerprint density at radius 3 is 2.85 bits per heavy atom. The van der Waals surface area contributed by atoms with Crippen molar-refractivity contribution in [1.82, 2.24) is 20.0 Å². The summed E-state index contributed by atoms with van der Waals surface area (Å²) in [5.74, 6) is 2.19. The van der Waals surface area contributed by atoms with Crippen LogP contribution in [0.5, 0.6) is 0 Å².